The molecular weight excluding hydrogens is 198 g/mol. The monoisotopic (exact) mass is 211 g/mol. The lowest BCUT2D eigenvalue weighted by Gasteiger charge is -2.19. The number of nitrogens with zero attached hydrogens (tertiary/aromatic N) is 2. The number of aliphatic carboxylic acids is 1. The maximum absolute atomic E-state index is 11.1. The number of rotatable bonds is 4. The number of hydrogen-bond acceptors (Lipinski definition) is 3. The van der Waals surface area contributed by atoms with Gasteiger partial charge in [0.05, 0.1) is 5.69 Å². The van der Waals surface area contributed by atoms with Gasteiger partial charge in [0.2, 0.25) is 5.91 Å². The zero-order chi connectivity index (χ0) is 11.6. The Balaban J connectivity index is 2.94. The largest absolute Gasteiger partial charge is 0.480 e. The predicted octanol–water partition coefficient (Wildman–Crippen LogP) is -0.461. The molecule has 0 radical (unpaired) electrons. The second-order valence-electron chi connectivity index (χ2n) is 3.66. The number of carboxylic acids is 1. The fourth-order valence-electron chi connectivity index (χ4n) is 1.19. The van der Waals surface area contributed by atoms with Gasteiger partial charge in [-0.05, 0) is 13.0 Å². The van der Waals surface area contributed by atoms with Gasteiger partial charge >= 0.3 is 5.97 Å². The lowest BCUT2D eigenvalue weighted by molar-refractivity contribution is -0.153. The zero-order valence-electron chi connectivity index (χ0n) is 8.60. The predicted molar refractivity (Wildman–Crippen MR) is 51.8 cm³/mol. The molecule has 82 valence electrons. The van der Waals surface area contributed by atoms with Gasteiger partial charge in [0, 0.05) is 19.7 Å². The summed E-state index contributed by atoms with van der Waals surface area (Å²) < 4.78 is 1.54. The molecule has 0 fully saturated rings. The molecule has 6 heteroatoms. The molecule has 1 amide bonds. The average molecular weight is 211 g/mol. The van der Waals surface area contributed by atoms with Crippen molar-refractivity contribution in [1.82, 2.24) is 9.78 Å². The van der Waals surface area contributed by atoms with Crippen LogP contribution in [0.25, 0.3) is 0 Å². The Morgan fingerprint density at radius 1 is 1.67 bits per heavy atom. The second-order valence-corrected chi connectivity index (χ2v) is 3.66. The Bertz CT molecular complexity index is 383. The highest BCUT2D eigenvalue weighted by Crippen LogP contribution is 2.21. The molecule has 0 saturated heterocycles. The molecule has 0 aliphatic heterocycles. The van der Waals surface area contributed by atoms with Crippen LogP contribution >= 0.6 is 0 Å². The standard InChI is InChI=1S/C9H13N3O3/c1-9(7(10)13,8(14)15)5-6-3-4-12(2)11-6/h3-4H,5H2,1-2H3,(H2,10,13)(H,14,15). The van der Waals surface area contributed by atoms with Gasteiger partial charge in [-0.1, -0.05) is 0 Å². The van der Waals surface area contributed by atoms with Gasteiger partial charge in [-0.25, -0.2) is 0 Å². The lowest BCUT2D eigenvalue weighted by Crippen LogP contribution is -2.43. The number of carbonyl (C=O) groups excluding carboxylic acids is 1. The van der Waals surface area contributed by atoms with E-state index in [2.05, 4.69) is 5.10 Å². The number of carbonyl (C=O) groups is 2. The molecule has 1 atom stereocenters. The molecule has 1 aromatic rings. The van der Waals surface area contributed by atoms with Crippen LogP contribution in [0.1, 0.15) is 12.6 Å². The molecule has 0 bridgehead atoms. The van der Waals surface area contributed by atoms with E-state index >= 15 is 0 Å². The van der Waals surface area contributed by atoms with Crippen LogP contribution in [0.3, 0.4) is 0 Å². The van der Waals surface area contributed by atoms with Crippen molar-refractivity contribution < 1.29 is 14.7 Å². The van der Waals surface area contributed by atoms with E-state index in [0.717, 1.165) is 0 Å². The van der Waals surface area contributed by atoms with Crippen LogP contribution in [-0.4, -0.2) is 26.8 Å². The summed E-state index contributed by atoms with van der Waals surface area (Å²) in [6.07, 6.45) is 1.68. The SMILES string of the molecule is Cn1ccc(CC(C)(C(N)=O)C(=O)O)n1. The summed E-state index contributed by atoms with van der Waals surface area (Å²) in [6, 6.07) is 1.66. The summed E-state index contributed by atoms with van der Waals surface area (Å²) in [7, 11) is 1.71. The molecular formula is C9H13N3O3. The van der Waals surface area contributed by atoms with Crippen LogP contribution < -0.4 is 5.73 Å². The molecule has 0 saturated carbocycles. The normalized spacial score (nSPS) is 14.5. The van der Waals surface area contributed by atoms with Gasteiger partial charge in [-0.3, -0.25) is 14.3 Å². The first kappa shape index (κ1) is 11.2. The molecule has 3 N–H and O–H groups in total. The number of amides is 1. The minimum Gasteiger partial charge on any atom is -0.480 e. The number of aromatic nitrogens is 2. The van der Waals surface area contributed by atoms with Crippen molar-refractivity contribution in [1.29, 1.82) is 0 Å². The van der Waals surface area contributed by atoms with Crippen LogP contribution in [0.2, 0.25) is 0 Å². The highest BCUT2D eigenvalue weighted by Gasteiger charge is 2.40. The Labute approximate surface area is 86.7 Å². The van der Waals surface area contributed by atoms with E-state index in [4.69, 9.17) is 10.8 Å². The maximum atomic E-state index is 11.1. The van der Waals surface area contributed by atoms with Crippen molar-refractivity contribution >= 4 is 11.9 Å². The summed E-state index contributed by atoms with van der Waals surface area (Å²) in [5, 5.41) is 12.9. The molecule has 1 rings (SSSR count). The Hall–Kier alpha value is -1.85. The van der Waals surface area contributed by atoms with Gasteiger partial charge < -0.3 is 10.8 Å². The van der Waals surface area contributed by atoms with Crippen LogP contribution in [-0.2, 0) is 23.1 Å². The van der Waals surface area contributed by atoms with E-state index in [1.54, 1.807) is 24.0 Å². The Morgan fingerprint density at radius 2 is 2.27 bits per heavy atom. The van der Waals surface area contributed by atoms with Crippen molar-refractivity contribution in [3.05, 3.63) is 18.0 Å². The molecule has 1 heterocycles. The number of nitrogens with two attached hydrogens (primary N) is 1. The van der Waals surface area contributed by atoms with E-state index in [1.165, 1.54) is 6.92 Å². The first-order chi connectivity index (χ1) is 6.86. The molecule has 0 spiro atoms. The minimum absolute atomic E-state index is 0.00148. The molecule has 1 unspecified atom stereocenters. The fraction of sp³-hybridized carbons (Fsp3) is 0.444. The topological polar surface area (TPSA) is 98.2 Å². The van der Waals surface area contributed by atoms with Gasteiger partial charge in [-0.2, -0.15) is 5.10 Å². The Morgan fingerprint density at radius 3 is 2.60 bits per heavy atom. The van der Waals surface area contributed by atoms with Gasteiger partial charge in [0.15, 0.2) is 0 Å². The van der Waals surface area contributed by atoms with Crippen molar-refractivity contribution in [3.8, 4) is 0 Å². The fourth-order valence-corrected chi connectivity index (χ4v) is 1.19. The van der Waals surface area contributed by atoms with Crippen molar-refractivity contribution in [2.45, 2.75) is 13.3 Å². The van der Waals surface area contributed by atoms with Crippen LogP contribution in [0.15, 0.2) is 12.3 Å². The third-order valence-electron chi connectivity index (χ3n) is 2.32. The van der Waals surface area contributed by atoms with E-state index in [9.17, 15) is 9.59 Å². The third kappa shape index (κ3) is 2.15. The quantitative estimate of drug-likeness (QED) is 0.658. The van der Waals surface area contributed by atoms with Gasteiger partial charge in [-0.15, -0.1) is 0 Å². The first-order valence-corrected chi connectivity index (χ1v) is 4.38. The lowest BCUT2D eigenvalue weighted by atomic mass is 9.85. The summed E-state index contributed by atoms with van der Waals surface area (Å²) in [4.78, 5) is 22.0. The average Bonchev–Trinajstić information content (AvgIpc) is 2.50. The summed E-state index contributed by atoms with van der Waals surface area (Å²) in [5.74, 6) is -2.10. The van der Waals surface area contributed by atoms with Crippen molar-refractivity contribution in [2.75, 3.05) is 0 Å². The highest BCUT2D eigenvalue weighted by molar-refractivity contribution is 6.00. The highest BCUT2D eigenvalue weighted by atomic mass is 16.4. The number of hydrogen-bond donors (Lipinski definition) is 2. The van der Waals surface area contributed by atoms with Crippen molar-refractivity contribution in [2.24, 2.45) is 18.2 Å². The summed E-state index contributed by atoms with van der Waals surface area (Å²) >= 11 is 0. The van der Waals surface area contributed by atoms with E-state index in [0.29, 0.717) is 5.69 Å². The maximum Gasteiger partial charge on any atom is 0.319 e. The van der Waals surface area contributed by atoms with E-state index in [-0.39, 0.29) is 6.42 Å². The molecule has 0 aliphatic rings. The smallest absolute Gasteiger partial charge is 0.319 e. The molecule has 15 heavy (non-hydrogen) atoms. The molecule has 0 aromatic carbocycles. The van der Waals surface area contributed by atoms with Crippen LogP contribution in [0.5, 0.6) is 0 Å². The summed E-state index contributed by atoms with van der Waals surface area (Å²) in [6.45, 7) is 1.30. The van der Waals surface area contributed by atoms with E-state index < -0.39 is 17.3 Å². The first-order valence-electron chi connectivity index (χ1n) is 4.38. The number of primary amides is 1. The third-order valence-corrected chi connectivity index (χ3v) is 2.32. The minimum atomic E-state index is -1.60. The zero-order valence-corrected chi connectivity index (χ0v) is 8.60. The number of aryl methyl sites for hydroxylation is 1. The van der Waals surface area contributed by atoms with Crippen molar-refractivity contribution in [3.63, 3.8) is 0 Å². The van der Waals surface area contributed by atoms with Gasteiger partial charge in [0.25, 0.3) is 0 Å². The summed E-state index contributed by atoms with van der Waals surface area (Å²) in [5.41, 5.74) is 4.00. The molecule has 6 nitrogen and oxygen atoms in total. The molecule has 0 aliphatic carbocycles. The van der Waals surface area contributed by atoms with Crippen LogP contribution in [0, 0.1) is 5.41 Å². The number of carboxylic acid groups (broad SMARTS) is 1. The van der Waals surface area contributed by atoms with Crippen LogP contribution in [0.4, 0.5) is 0 Å². The van der Waals surface area contributed by atoms with Gasteiger partial charge in [0.1, 0.15) is 5.41 Å². The molecule has 1 aromatic heterocycles. The second kappa shape index (κ2) is 3.72. The van der Waals surface area contributed by atoms with E-state index in [1.807, 2.05) is 0 Å². The Kier molecular flexibility index (Phi) is 2.78.